The van der Waals surface area contributed by atoms with Gasteiger partial charge >= 0.3 is 0 Å². The van der Waals surface area contributed by atoms with Crippen molar-refractivity contribution in [2.24, 2.45) is 0 Å². The molecule has 2 rings (SSSR count). The average Bonchev–Trinajstić information content (AvgIpc) is 2.61. The van der Waals surface area contributed by atoms with Crippen LogP contribution in [0.2, 0.25) is 0 Å². The van der Waals surface area contributed by atoms with Gasteiger partial charge in [-0.25, -0.2) is 0 Å². The quantitative estimate of drug-likeness (QED) is 0.760. The van der Waals surface area contributed by atoms with Crippen LogP contribution in [0.4, 0.5) is 0 Å². The second-order valence-corrected chi connectivity index (χ2v) is 4.43. The molecule has 1 aromatic rings. The van der Waals surface area contributed by atoms with Gasteiger partial charge in [0, 0.05) is 0 Å². The Balaban J connectivity index is 2.37. The van der Waals surface area contributed by atoms with E-state index in [0.29, 0.717) is 5.92 Å². The maximum absolute atomic E-state index is 9.85. The summed E-state index contributed by atoms with van der Waals surface area (Å²) in [6.07, 6.45) is 1.74. The number of rotatable bonds is 2. The second-order valence-electron chi connectivity index (χ2n) is 3.67. The van der Waals surface area contributed by atoms with Gasteiger partial charge in [0.05, 0.1) is 10.6 Å². The van der Waals surface area contributed by atoms with E-state index in [1.807, 2.05) is 0 Å². The minimum absolute atomic E-state index is 0.364. The number of hydrogen-bond donors (Lipinski definition) is 1. The third kappa shape index (κ3) is 1.15. The van der Waals surface area contributed by atoms with Gasteiger partial charge in [0.25, 0.3) is 0 Å². The Hall–Kier alpha value is -0.480. The molecule has 1 aromatic heterocycles. The summed E-state index contributed by atoms with van der Waals surface area (Å²) < 4.78 is 3.88. The Kier molecular flexibility index (Phi) is 1.70. The molecule has 0 aromatic carbocycles. The Morgan fingerprint density at radius 3 is 2.67 bits per heavy atom. The summed E-state index contributed by atoms with van der Waals surface area (Å²) in [7, 11) is 0. The molecule has 0 atom stereocenters. The fourth-order valence-corrected chi connectivity index (χ4v) is 2.20. The molecule has 1 heterocycles. The molecule has 0 amide bonds. The first kappa shape index (κ1) is 8.13. The Labute approximate surface area is 75.6 Å². The summed E-state index contributed by atoms with van der Waals surface area (Å²) in [6.45, 7) is 4.15. The summed E-state index contributed by atoms with van der Waals surface area (Å²) in [5.74, 6) is 0.364. The van der Waals surface area contributed by atoms with E-state index in [2.05, 4.69) is 23.4 Å². The maximum Gasteiger partial charge on any atom is 0.102 e. The van der Waals surface area contributed by atoms with Gasteiger partial charge in [0.15, 0.2) is 0 Å². The second kappa shape index (κ2) is 2.50. The molecule has 1 saturated carbocycles. The predicted molar refractivity (Wildman–Crippen MR) is 47.1 cm³/mol. The van der Waals surface area contributed by atoms with E-state index < -0.39 is 5.60 Å². The number of aromatic nitrogens is 2. The van der Waals surface area contributed by atoms with E-state index in [9.17, 15) is 5.11 Å². The number of nitrogens with zero attached hydrogens (tertiary/aromatic N) is 2. The maximum atomic E-state index is 9.85. The Morgan fingerprint density at radius 1 is 1.50 bits per heavy atom. The summed E-state index contributed by atoms with van der Waals surface area (Å²) in [6, 6.07) is 0. The minimum atomic E-state index is -0.562. The van der Waals surface area contributed by atoms with Crippen LogP contribution in [0.3, 0.4) is 0 Å². The molecule has 0 unspecified atom stereocenters. The normalized spacial score (nSPS) is 20.0. The minimum Gasteiger partial charge on any atom is -0.384 e. The molecule has 0 aliphatic heterocycles. The van der Waals surface area contributed by atoms with Crippen molar-refractivity contribution in [1.82, 2.24) is 9.59 Å². The lowest BCUT2D eigenvalue weighted by molar-refractivity contribution is 0.154. The van der Waals surface area contributed by atoms with E-state index in [1.54, 1.807) is 0 Å². The van der Waals surface area contributed by atoms with Gasteiger partial charge in [-0.3, -0.25) is 0 Å². The average molecular weight is 184 g/mol. The first-order chi connectivity index (χ1) is 5.63. The van der Waals surface area contributed by atoms with Crippen LogP contribution in [0, 0.1) is 0 Å². The smallest absolute Gasteiger partial charge is 0.102 e. The SMILES string of the molecule is CC(C)c1nnsc1C1(O)CC1. The van der Waals surface area contributed by atoms with Crippen molar-refractivity contribution in [3.05, 3.63) is 10.6 Å². The van der Waals surface area contributed by atoms with Gasteiger partial charge in [-0.05, 0) is 30.3 Å². The number of aliphatic hydroxyl groups is 1. The fraction of sp³-hybridized carbons (Fsp3) is 0.750. The monoisotopic (exact) mass is 184 g/mol. The van der Waals surface area contributed by atoms with Crippen molar-refractivity contribution in [3.8, 4) is 0 Å². The molecule has 4 heteroatoms. The van der Waals surface area contributed by atoms with Crippen molar-refractivity contribution in [2.45, 2.75) is 38.2 Å². The van der Waals surface area contributed by atoms with Gasteiger partial charge in [0.2, 0.25) is 0 Å². The highest BCUT2D eigenvalue weighted by molar-refractivity contribution is 7.05. The highest BCUT2D eigenvalue weighted by Crippen LogP contribution is 2.48. The topological polar surface area (TPSA) is 46.0 Å². The van der Waals surface area contributed by atoms with Gasteiger partial charge in [-0.15, -0.1) is 5.10 Å². The Bertz CT molecular complexity index is 291. The van der Waals surface area contributed by atoms with Gasteiger partial charge in [-0.1, -0.05) is 18.3 Å². The lowest BCUT2D eigenvalue weighted by Crippen LogP contribution is -2.06. The summed E-state index contributed by atoms with van der Waals surface area (Å²) in [5, 5.41) is 13.9. The van der Waals surface area contributed by atoms with Crippen LogP contribution in [0.15, 0.2) is 0 Å². The molecule has 0 radical (unpaired) electrons. The van der Waals surface area contributed by atoms with Crippen LogP contribution in [0.25, 0.3) is 0 Å². The highest BCUT2D eigenvalue weighted by Gasteiger charge is 2.46. The molecule has 0 bridgehead atoms. The van der Waals surface area contributed by atoms with Gasteiger partial charge in [0.1, 0.15) is 5.60 Å². The third-order valence-corrected chi connectivity index (χ3v) is 3.14. The molecule has 66 valence electrons. The van der Waals surface area contributed by atoms with Crippen LogP contribution < -0.4 is 0 Å². The van der Waals surface area contributed by atoms with Crippen LogP contribution in [-0.4, -0.2) is 14.7 Å². The predicted octanol–water partition coefficient (Wildman–Crippen LogP) is 1.64. The van der Waals surface area contributed by atoms with E-state index >= 15 is 0 Å². The zero-order valence-corrected chi connectivity index (χ0v) is 8.06. The molecule has 1 aliphatic rings. The molecule has 1 fully saturated rings. The van der Waals surface area contributed by atoms with Crippen LogP contribution in [0.5, 0.6) is 0 Å². The van der Waals surface area contributed by atoms with E-state index in [1.165, 1.54) is 11.5 Å². The lowest BCUT2D eigenvalue weighted by atomic mass is 10.1. The van der Waals surface area contributed by atoms with E-state index in [-0.39, 0.29) is 0 Å². The third-order valence-electron chi connectivity index (χ3n) is 2.21. The first-order valence-corrected chi connectivity index (χ1v) is 4.96. The zero-order chi connectivity index (χ0) is 8.77. The summed E-state index contributed by atoms with van der Waals surface area (Å²) in [5.41, 5.74) is 0.410. The standard InChI is InChI=1S/C8H12N2OS/c1-5(2)6-7(12-10-9-6)8(11)3-4-8/h5,11H,3-4H2,1-2H3. The lowest BCUT2D eigenvalue weighted by Gasteiger charge is -2.07. The summed E-state index contributed by atoms with van der Waals surface area (Å²) >= 11 is 1.34. The molecule has 1 aliphatic carbocycles. The van der Waals surface area contributed by atoms with Crippen LogP contribution >= 0.6 is 11.5 Å². The molecular formula is C8H12N2OS. The van der Waals surface area contributed by atoms with Crippen molar-refractivity contribution >= 4 is 11.5 Å². The first-order valence-electron chi connectivity index (χ1n) is 4.18. The van der Waals surface area contributed by atoms with Crippen molar-refractivity contribution < 1.29 is 5.11 Å². The molecule has 0 saturated heterocycles. The van der Waals surface area contributed by atoms with Crippen molar-refractivity contribution in [2.75, 3.05) is 0 Å². The molecule has 12 heavy (non-hydrogen) atoms. The molecule has 3 nitrogen and oxygen atoms in total. The number of hydrogen-bond acceptors (Lipinski definition) is 4. The van der Waals surface area contributed by atoms with E-state index in [4.69, 9.17) is 0 Å². The fourth-order valence-electron chi connectivity index (χ4n) is 1.24. The molecule has 0 spiro atoms. The Morgan fingerprint density at radius 2 is 2.17 bits per heavy atom. The van der Waals surface area contributed by atoms with Crippen molar-refractivity contribution in [1.29, 1.82) is 0 Å². The summed E-state index contributed by atoms with van der Waals surface area (Å²) in [4.78, 5) is 0.984. The van der Waals surface area contributed by atoms with Crippen LogP contribution in [-0.2, 0) is 5.60 Å². The van der Waals surface area contributed by atoms with Gasteiger partial charge in [-0.2, -0.15) is 0 Å². The van der Waals surface area contributed by atoms with Crippen molar-refractivity contribution in [3.63, 3.8) is 0 Å². The van der Waals surface area contributed by atoms with Gasteiger partial charge < -0.3 is 5.11 Å². The van der Waals surface area contributed by atoms with E-state index in [0.717, 1.165) is 23.4 Å². The highest BCUT2D eigenvalue weighted by atomic mass is 32.1. The molecule has 1 N–H and O–H groups in total. The largest absolute Gasteiger partial charge is 0.384 e. The van der Waals surface area contributed by atoms with Crippen LogP contribution in [0.1, 0.15) is 43.2 Å². The molecular weight excluding hydrogens is 172 g/mol. The zero-order valence-electron chi connectivity index (χ0n) is 7.24.